The van der Waals surface area contributed by atoms with Gasteiger partial charge in [0.25, 0.3) is 5.91 Å². The first kappa shape index (κ1) is 23.1. The molecule has 0 aliphatic carbocycles. The zero-order valence-electron chi connectivity index (χ0n) is 18.3. The summed E-state index contributed by atoms with van der Waals surface area (Å²) in [5.41, 5.74) is 1.94. The SMILES string of the molecule is COc1ccc(CN(C)C(=O)c2cc(S(=O)(=O)N3CCOCC3)ccc2C)cc1OC. The third-order valence-electron chi connectivity index (χ3n) is 5.26. The standard InChI is InChI=1S/C22H28N2O6S/c1-16-5-7-18(31(26,27)24-9-11-30-12-10-24)14-19(16)22(25)23(2)15-17-6-8-20(28-3)21(13-17)29-4/h5-8,13-14H,9-12,15H2,1-4H3. The summed E-state index contributed by atoms with van der Waals surface area (Å²) in [6, 6.07) is 10.1. The molecule has 1 amide bonds. The molecule has 8 nitrogen and oxygen atoms in total. The maximum absolute atomic E-state index is 13.1. The van der Waals surface area contributed by atoms with Crippen LogP contribution in [0.5, 0.6) is 11.5 Å². The van der Waals surface area contributed by atoms with Crippen LogP contribution in [0.3, 0.4) is 0 Å². The molecule has 1 fully saturated rings. The van der Waals surface area contributed by atoms with Crippen LogP contribution in [0, 0.1) is 6.92 Å². The van der Waals surface area contributed by atoms with Gasteiger partial charge in [0.1, 0.15) is 0 Å². The van der Waals surface area contributed by atoms with Crippen LogP contribution in [0.15, 0.2) is 41.3 Å². The van der Waals surface area contributed by atoms with Gasteiger partial charge in [-0.25, -0.2) is 8.42 Å². The maximum Gasteiger partial charge on any atom is 0.254 e. The molecule has 1 aliphatic heterocycles. The van der Waals surface area contributed by atoms with Crippen molar-refractivity contribution in [2.24, 2.45) is 0 Å². The Morgan fingerprint density at radius 1 is 1.06 bits per heavy atom. The lowest BCUT2D eigenvalue weighted by Gasteiger charge is -2.26. The molecule has 2 aromatic rings. The lowest BCUT2D eigenvalue weighted by atomic mass is 10.1. The number of amides is 1. The maximum atomic E-state index is 13.1. The summed E-state index contributed by atoms with van der Waals surface area (Å²) in [5, 5.41) is 0. The topological polar surface area (TPSA) is 85.4 Å². The number of rotatable bonds is 7. The van der Waals surface area contributed by atoms with Crippen molar-refractivity contribution in [1.82, 2.24) is 9.21 Å². The molecule has 0 aromatic heterocycles. The molecule has 1 heterocycles. The molecule has 3 rings (SSSR count). The van der Waals surface area contributed by atoms with Gasteiger partial charge in [0.15, 0.2) is 11.5 Å². The monoisotopic (exact) mass is 448 g/mol. The second-order valence-corrected chi connectivity index (χ2v) is 9.28. The second kappa shape index (κ2) is 9.67. The van der Waals surface area contributed by atoms with Crippen molar-refractivity contribution in [2.45, 2.75) is 18.4 Å². The van der Waals surface area contributed by atoms with Crippen molar-refractivity contribution in [3.05, 3.63) is 53.1 Å². The Kier molecular flexibility index (Phi) is 7.19. The predicted octanol–water partition coefficient (Wildman–Crippen LogP) is 2.31. The third kappa shape index (κ3) is 5.00. The van der Waals surface area contributed by atoms with E-state index in [1.165, 1.54) is 10.4 Å². The van der Waals surface area contributed by atoms with Gasteiger partial charge in [-0.15, -0.1) is 0 Å². The summed E-state index contributed by atoms with van der Waals surface area (Å²) >= 11 is 0. The van der Waals surface area contributed by atoms with Gasteiger partial charge >= 0.3 is 0 Å². The van der Waals surface area contributed by atoms with Gasteiger partial charge < -0.3 is 19.1 Å². The van der Waals surface area contributed by atoms with E-state index in [4.69, 9.17) is 14.2 Å². The fraction of sp³-hybridized carbons (Fsp3) is 0.409. The van der Waals surface area contributed by atoms with E-state index >= 15 is 0 Å². The molecule has 0 N–H and O–H groups in total. The minimum Gasteiger partial charge on any atom is -0.493 e. The number of aryl methyl sites for hydroxylation is 1. The number of morpholine rings is 1. The number of carbonyl (C=O) groups is 1. The number of hydrogen-bond acceptors (Lipinski definition) is 6. The van der Waals surface area contributed by atoms with Gasteiger partial charge in [-0.05, 0) is 42.3 Å². The van der Waals surface area contributed by atoms with E-state index in [1.807, 2.05) is 12.1 Å². The molecular formula is C22H28N2O6S. The summed E-state index contributed by atoms with van der Waals surface area (Å²) in [4.78, 5) is 14.8. The zero-order chi connectivity index (χ0) is 22.6. The smallest absolute Gasteiger partial charge is 0.254 e. The van der Waals surface area contributed by atoms with E-state index in [2.05, 4.69) is 0 Å². The molecule has 31 heavy (non-hydrogen) atoms. The van der Waals surface area contributed by atoms with E-state index in [9.17, 15) is 13.2 Å². The Morgan fingerprint density at radius 3 is 2.39 bits per heavy atom. The van der Waals surface area contributed by atoms with E-state index in [0.29, 0.717) is 55.5 Å². The molecule has 0 unspecified atom stereocenters. The van der Waals surface area contributed by atoms with Crippen LogP contribution < -0.4 is 9.47 Å². The largest absolute Gasteiger partial charge is 0.493 e. The van der Waals surface area contributed by atoms with E-state index in [-0.39, 0.29) is 10.8 Å². The number of methoxy groups -OCH3 is 2. The van der Waals surface area contributed by atoms with Crippen LogP contribution in [0.4, 0.5) is 0 Å². The molecule has 0 bridgehead atoms. The van der Waals surface area contributed by atoms with Crippen LogP contribution in [0.25, 0.3) is 0 Å². The Hall–Kier alpha value is -2.62. The number of hydrogen-bond donors (Lipinski definition) is 0. The van der Waals surface area contributed by atoms with Crippen molar-refractivity contribution in [3.8, 4) is 11.5 Å². The van der Waals surface area contributed by atoms with Crippen molar-refractivity contribution >= 4 is 15.9 Å². The van der Waals surface area contributed by atoms with Gasteiger partial charge in [0, 0.05) is 32.2 Å². The summed E-state index contributed by atoms with van der Waals surface area (Å²) in [6.45, 7) is 3.47. The molecule has 0 radical (unpaired) electrons. The molecule has 1 aliphatic rings. The number of benzene rings is 2. The average Bonchev–Trinajstić information content (AvgIpc) is 2.79. The molecule has 1 saturated heterocycles. The minimum absolute atomic E-state index is 0.114. The zero-order valence-corrected chi connectivity index (χ0v) is 19.1. The quantitative estimate of drug-likeness (QED) is 0.646. The summed E-state index contributed by atoms with van der Waals surface area (Å²) in [7, 11) is 1.12. The lowest BCUT2D eigenvalue weighted by molar-refractivity contribution is 0.0730. The van der Waals surface area contributed by atoms with Gasteiger partial charge in [0.05, 0.1) is 32.3 Å². The van der Waals surface area contributed by atoms with Crippen LogP contribution in [0.1, 0.15) is 21.5 Å². The highest BCUT2D eigenvalue weighted by Crippen LogP contribution is 2.28. The second-order valence-electron chi connectivity index (χ2n) is 7.34. The Morgan fingerprint density at radius 2 is 1.74 bits per heavy atom. The fourth-order valence-corrected chi connectivity index (χ4v) is 4.89. The molecule has 168 valence electrons. The first-order valence-electron chi connectivity index (χ1n) is 9.93. The number of ether oxygens (including phenoxy) is 3. The minimum atomic E-state index is -3.68. The van der Waals surface area contributed by atoms with Gasteiger partial charge in [0.2, 0.25) is 10.0 Å². The highest BCUT2D eigenvalue weighted by atomic mass is 32.2. The first-order valence-corrected chi connectivity index (χ1v) is 11.4. The average molecular weight is 449 g/mol. The number of nitrogens with zero attached hydrogens (tertiary/aromatic N) is 2. The van der Waals surface area contributed by atoms with E-state index < -0.39 is 10.0 Å². The lowest BCUT2D eigenvalue weighted by Crippen LogP contribution is -2.40. The Balaban J connectivity index is 1.83. The molecule has 2 aromatic carbocycles. The molecule has 0 atom stereocenters. The van der Waals surface area contributed by atoms with Crippen LogP contribution in [-0.2, 0) is 21.3 Å². The normalized spacial score (nSPS) is 14.8. The van der Waals surface area contributed by atoms with Crippen LogP contribution in [-0.4, -0.2) is 71.1 Å². The predicted molar refractivity (Wildman–Crippen MR) is 116 cm³/mol. The van der Waals surface area contributed by atoms with E-state index in [1.54, 1.807) is 51.3 Å². The van der Waals surface area contributed by atoms with Gasteiger partial charge in [-0.3, -0.25) is 4.79 Å². The van der Waals surface area contributed by atoms with Crippen molar-refractivity contribution < 1.29 is 27.4 Å². The fourth-order valence-electron chi connectivity index (χ4n) is 3.46. The third-order valence-corrected chi connectivity index (χ3v) is 7.16. The Labute approximate surface area is 183 Å². The number of carbonyl (C=O) groups excluding carboxylic acids is 1. The molecular weight excluding hydrogens is 420 g/mol. The molecule has 0 spiro atoms. The molecule has 9 heteroatoms. The van der Waals surface area contributed by atoms with Crippen molar-refractivity contribution in [1.29, 1.82) is 0 Å². The highest BCUT2D eigenvalue weighted by Gasteiger charge is 2.28. The van der Waals surface area contributed by atoms with Crippen molar-refractivity contribution in [3.63, 3.8) is 0 Å². The molecule has 0 saturated carbocycles. The highest BCUT2D eigenvalue weighted by molar-refractivity contribution is 7.89. The summed E-state index contributed by atoms with van der Waals surface area (Å²) < 4.78 is 43.2. The van der Waals surface area contributed by atoms with Crippen LogP contribution in [0.2, 0.25) is 0 Å². The summed E-state index contributed by atoms with van der Waals surface area (Å²) in [5.74, 6) is 0.930. The summed E-state index contributed by atoms with van der Waals surface area (Å²) in [6.07, 6.45) is 0. The Bertz CT molecular complexity index is 1050. The first-order chi connectivity index (χ1) is 14.8. The van der Waals surface area contributed by atoms with Crippen molar-refractivity contribution in [2.75, 3.05) is 47.6 Å². The van der Waals surface area contributed by atoms with Gasteiger partial charge in [-0.2, -0.15) is 4.31 Å². The number of sulfonamides is 1. The van der Waals surface area contributed by atoms with Crippen LogP contribution >= 0.6 is 0 Å². The van der Waals surface area contributed by atoms with E-state index in [0.717, 1.165) is 5.56 Å². The van der Waals surface area contributed by atoms with Gasteiger partial charge in [-0.1, -0.05) is 12.1 Å².